The lowest BCUT2D eigenvalue weighted by molar-refractivity contribution is -0.120. The number of hydrogen-bond acceptors (Lipinski definition) is 11. The number of benzene rings is 1. The summed E-state index contributed by atoms with van der Waals surface area (Å²) in [6.45, 7) is 2.77. The number of aryl methyl sites for hydroxylation is 1. The third-order valence-corrected chi connectivity index (χ3v) is 7.83. The van der Waals surface area contributed by atoms with Gasteiger partial charge >= 0.3 is 6.01 Å². The fourth-order valence-corrected chi connectivity index (χ4v) is 5.47. The molecule has 2 fully saturated rings. The van der Waals surface area contributed by atoms with Gasteiger partial charge in [0.1, 0.15) is 29.3 Å². The number of fused-ring (bicyclic) bond motifs is 3. The quantitative estimate of drug-likeness (QED) is 0.196. The number of carbonyl (C=O) groups is 1. The number of ether oxygens (including phenoxy) is 1. The number of nitrogens with two attached hydrogens (primary N) is 2. The van der Waals surface area contributed by atoms with Crippen molar-refractivity contribution in [2.75, 3.05) is 43.0 Å². The second-order valence-corrected chi connectivity index (χ2v) is 10.5. The molecule has 2 atom stereocenters. The molecule has 4 heterocycles. The topological polar surface area (TPSA) is 184 Å². The molecule has 3 aromatic heterocycles. The van der Waals surface area contributed by atoms with E-state index >= 15 is 4.39 Å². The third-order valence-electron chi connectivity index (χ3n) is 7.83. The van der Waals surface area contributed by atoms with E-state index in [4.69, 9.17) is 21.2 Å². The summed E-state index contributed by atoms with van der Waals surface area (Å²) < 4.78 is 21.0. The van der Waals surface area contributed by atoms with Gasteiger partial charge in [0.25, 0.3) is 0 Å². The summed E-state index contributed by atoms with van der Waals surface area (Å²) in [5.74, 6) is 0.785. The van der Waals surface area contributed by atoms with Gasteiger partial charge in [0.05, 0.1) is 41.6 Å². The SMILES string of the molecule is Cc1ncc(Oc2nc(N3CC(NC(=O)CN)C4(CC4)C3)c3c(n2)[nH]c2c(N(C)C(O)CN)cc(F)cc23)cn1. The largest absolute Gasteiger partial charge is 0.421 e. The number of aromatic nitrogens is 5. The second-order valence-electron chi connectivity index (χ2n) is 10.5. The Morgan fingerprint density at radius 2 is 2.08 bits per heavy atom. The highest BCUT2D eigenvalue weighted by Gasteiger charge is 2.56. The van der Waals surface area contributed by atoms with E-state index in [0.717, 1.165) is 12.8 Å². The van der Waals surface area contributed by atoms with Crippen LogP contribution in [0, 0.1) is 18.2 Å². The van der Waals surface area contributed by atoms with E-state index in [1.54, 1.807) is 14.0 Å². The number of likely N-dealkylation sites (N-methyl/N-ethyl adjacent to an activating group) is 1. The molecule has 1 aromatic carbocycles. The maximum Gasteiger partial charge on any atom is 0.326 e. The summed E-state index contributed by atoms with van der Waals surface area (Å²) in [6, 6.07) is 2.70. The summed E-state index contributed by atoms with van der Waals surface area (Å²) >= 11 is 0. The van der Waals surface area contributed by atoms with E-state index < -0.39 is 12.0 Å². The van der Waals surface area contributed by atoms with Crippen LogP contribution in [0.3, 0.4) is 0 Å². The Kier molecular flexibility index (Phi) is 6.40. The van der Waals surface area contributed by atoms with Gasteiger partial charge in [0, 0.05) is 37.5 Å². The van der Waals surface area contributed by atoms with E-state index in [2.05, 4.69) is 30.2 Å². The lowest BCUT2D eigenvalue weighted by Crippen LogP contribution is -2.44. The van der Waals surface area contributed by atoms with Crippen molar-refractivity contribution in [2.24, 2.45) is 16.9 Å². The molecule has 1 amide bonds. The van der Waals surface area contributed by atoms with E-state index in [9.17, 15) is 9.90 Å². The zero-order valence-corrected chi connectivity index (χ0v) is 22.2. The lowest BCUT2D eigenvalue weighted by atomic mass is 10.0. The van der Waals surface area contributed by atoms with Gasteiger partial charge in [-0.2, -0.15) is 9.97 Å². The summed E-state index contributed by atoms with van der Waals surface area (Å²) in [7, 11) is 1.64. The van der Waals surface area contributed by atoms with Gasteiger partial charge in [-0.25, -0.2) is 14.4 Å². The van der Waals surface area contributed by atoms with Gasteiger partial charge in [0.2, 0.25) is 5.91 Å². The maximum atomic E-state index is 15.0. The fraction of sp³-hybridized carbons (Fsp3) is 0.423. The van der Waals surface area contributed by atoms with Crippen LogP contribution in [0.15, 0.2) is 24.5 Å². The molecule has 14 heteroatoms. The number of rotatable bonds is 8. The van der Waals surface area contributed by atoms with E-state index in [0.29, 0.717) is 58.1 Å². The van der Waals surface area contributed by atoms with Crippen molar-refractivity contribution in [1.82, 2.24) is 30.2 Å². The Morgan fingerprint density at radius 1 is 1.32 bits per heavy atom. The zero-order valence-electron chi connectivity index (χ0n) is 22.2. The highest BCUT2D eigenvalue weighted by molar-refractivity contribution is 6.14. The van der Waals surface area contributed by atoms with Crippen LogP contribution in [0.25, 0.3) is 21.9 Å². The zero-order chi connectivity index (χ0) is 28.2. The molecule has 1 aliphatic heterocycles. The van der Waals surface area contributed by atoms with Crippen LogP contribution in [-0.2, 0) is 4.79 Å². The van der Waals surface area contributed by atoms with Gasteiger partial charge in [-0.3, -0.25) is 4.79 Å². The minimum absolute atomic E-state index is 0.0395. The monoisotopic (exact) mass is 550 g/mol. The summed E-state index contributed by atoms with van der Waals surface area (Å²) in [5.41, 5.74) is 12.6. The molecule has 13 nitrogen and oxygen atoms in total. The summed E-state index contributed by atoms with van der Waals surface area (Å²) in [4.78, 5) is 36.8. The number of hydrogen-bond donors (Lipinski definition) is 5. The molecule has 2 aliphatic rings. The van der Waals surface area contributed by atoms with Crippen LogP contribution in [0.2, 0.25) is 0 Å². The van der Waals surface area contributed by atoms with Crippen molar-refractivity contribution < 1.29 is 19.0 Å². The Labute approximate surface area is 228 Å². The summed E-state index contributed by atoms with van der Waals surface area (Å²) in [5, 5.41) is 14.6. The lowest BCUT2D eigenvalue weighted by Gasteiger charge is -2.25. The first-order valence-electron chi connectivity index (χ1n) is 13.1. The van der Waals surface area contributed by atoms with Gasteiger partial charge in [-0.1, -0.05) is 0 Å². The van der Waals surface area contributed by atoms with Crippen molar-refractivity contribution in [3.63, 3.8) is 0 Å². The standard InChI is InChI=1S/C26H31FN10O3/c1-13-30-9-15(10-31-13)40-25-34-23-21(16-5-14(27)6-17(22(16)33-23)36(2)20(39)8-29)24(35-25)37-11-18(32-19(38)7-28)26(12-37)3-4-26/h5-6,9-10,18,20,39H,3-4,7-8,11-12,28-29H2,1-2H3,(H,32,38)(H,33,34,35). The van der Waals surface area contributed by atoms with Crippen LogP contribution in [-0.4, -0.2) is 81.4 Å². The number of aromatic amines is 1. The molecular formula is C26H31FN10O3. The average molecular weight is 551 g/mol. The molecule has 1 saturated heterocycles. The first-order chi connectivity index (χ1) is 19.2. The predicted octanol–water partition coefficient (Wildman–Crippen LogP) is 0.898. The normalized spacial score (nSPS) is 18.4. The number of halogens is 1. The van der Waals surface area contributed by atoms with Gasteiger partial charge in [-0.15, -0.1) is 0 Å². The van der Waals surface area contributed by atoms with Crippen LogP contribution < -0.4 is 31.3 Å². The molecule has 2 unspecified atom stereocenters. The number of aliphatic hydroxyl groups excluding tert-OH is 1. The average Bonchev–Trinajstić information content (AvgIpc) is 3.51. The number of amides is 1. The predicted molar refractivity (Wildman–Crippen MR) is 147 cm³/mol. The van der Waals surface area contributed by atoms with E-state index in [1.807, 2.05) is 0 Å². The van der Waals surface area contributed by atoms with Crippen LogP contribution in [0.4, 0.5) is 15.9 Å². The van der Waals surface area contributed by atoms with E-state index in [1.165, 1.54) is 29.4 Å². The minimum atomic E-state index is -1.03. The molecule has 1 saturated carbocycles. The van der Waals surface area contributed by atoms with Crippen molar-refractivity contribution in [3.05, 3.63) is 36.2 Å². The molecule has 1 spiro atoms. The maximum absolute atomic E-state index is 15.0. The first kappa shape index (κ1) is 26.1. The molecule has 7 N–H and O–H groups in total. The molecule has 1 aliphatic carbocycles. The Morgan fingerprint density at radius 3 is 2.75 bits per heavy atom. The number of aliphatic hydroxyl groups is 1. The third kappa shape index (κ3) is 4.53. The van der Waals surface area contributed by atoms with Gasteiger partial charge in [-0.05, 0) is 31.9 Å². The second kappa shape index (κ2) is 9.80. The minimum Gasteiger partial charge on any atom is -0.421 e. The molecule has 40 heavy (non-hydrogen) atoms. The van der Waals surface area contributed by atoms with Crippen molar-refractivity contribution in [3.8, 4) is 11.8 Å². The number of nitrogens with zero attached hydrogens (tertiary/aromatic N) is 6. The van der Waals surface area contributed by atoms with Gasteiger partial charge in [0.15, 0.2) is 5.75 Å². The van der Waals surface area contributed by atoms with Crippen molar-refractivity contribution in [1.29, 1.82) is 0 Å². The number of carbonyl (C=O) groups excluding carboxylic acids is 1. The molecule has 210 valence electrons. The van der Waals surface area contributed by atoms with E-state index in [-0.39, 0.29) is 36.5 Å². The highest BCUT2D eigenvalue weighted by Crippen LogP contribution is 2.54. The molecule has 0 radical (unpaired) electrons. The van der Waals surface area contributed by atoms with Crippen LogP contribution in [0.5, 0.6) is 11.8 Å². The molecular weight excluding hydrogens is 519 g/mol. The summed E-state index contributed by atoms with van der Waals surface area (Å²) in [6.07, 6.45) is 3.97. The number of anilines is 2. The van der Waals surface area contributed by atoms with Crippen molar-refractivity contribution in [2.45, 2.75) is 32.0 Å². The van der Waals surface area contributed by atoms with Crippen LogP contribution in [0.1, 0.15) is 18.7 Å². The highest BCUT2D eigenvalue weighted by atomic mass is 19.1. The Bertz CT molecular complexity index is 1590. The van der Waals surface area contributed by atoms with Crippen molar-refractivity contribution >= 4 is 39.3 Å². The Hall–Kier alpha value is -4.14. The van der Waals surface area contributed by atoms with Crippen LogP contribution >= 0.6 is 0 Å². The molecule has 0 bridgehead atoms. The fourth-order valence-electron chi connectivity index (χ4n) is 5.47. The number of H-pyrrole nitrogens is 1. The van der Waals surface area contributed by atoms with Gasteiger partial charge < -0.3 is 41.4 Å². The molecule has 4 aromatic rings. The smallest absolute Gasteiger partial charge is 0.326 e. The first-order valence-corrected chi connectivity index (χ1v) is 13.1. The Balaban J connectivity index is 1.51. The number of nitrogens with one attached hydrogen (secondary N) is 2. The molecule has 6 rings (SSSR count).